The fraction of sp³-hybridized carbons (Fsp3) is 0.533. The molecular formula is C30H34F4N4O3S. The zero-order chi connectivity index (χ0) is 30.1. The lowest BCUT2D eigenvalue weighted by Crippen LogP contribution is -2.79. The van der Waals surface area contributed by atoms with Crippen molar-refractivity contribution in [2.24, 2.45) is 16.3 Å². The van der Waals surface area contributed by atoms with Gasteiger partial charge in [0.05, 0.1) is 17.0 Å². The van der Waals surface area contributed by atoms with Crippen molar-refractivity contribution < 1.29 is 30.8 Å². The van der Waals surface area contributed by atoms with E-state index in [1.54, 1.807) is 4.90 Å². The highest BCUT2D eigenvalue weighted by molar-refractivity contribution is 7.89. The van der Waals surface area contributed by atoms with Gasteiger partial charge >= 0.3 is 6.18 Å². The van der Waals surface area contributed by atoms with E-state index in [1.807, 2.05) is 14.0 Å². The maximum absolute atomic E-state index is 13.9. The lowest BCUT2D eigenvalue weighted by Gasteiger charge is -2.73. The number of rotatable bonds is 9. The third-order valence-corrected chi connectivity index (χ3v) is 11.5. The fourth-order valence-corrected chi connectivity index (χ4v) is 8.78. The van der Waals surface area contributed by atoms with Gasteiger partial charge in [0.15, 0.2) is 0 Å². The fourth-order valence-electron chi connectivity index (χ4n) is 7.02. The highest BCUT2D eigenvalue weighted by Crippen LogP contribution is 2.71. The second-order valence-electron chi connectivity index (χ2n) is 12.8. The van der Waals surface area contributed by atoms with Crippen LogP contribution < -0.4 is 5.32 Å². The monoisotopic (exact) mass is 606 g/mol. The molecule has 1 atom stereocenters. The van der Waals surface area contributed by atoms with Crippen LogP contribution in [0.5, 0.6) is 0 Å². The van der Waals surface area contributed by atoms with Crippen LogP contribution in [0.3, 0.4) is 0 Å². The topological polar surface area (TPSA) is 82.1 Å². The number of likely N-dealkylation sites (N-methyl/N-ethyl adjacent to an activating group) is 1. The Morgan fingerprint density at radius 2 is 1.67 bits per heavy atom. The standard InChI is InChI=1S/C30H34F4N4O3S/c1-27(26(39)37(2)14-20-4-3-5-20)19-35-25(36-27)28-16-29(17-28,18-28)38(42(40,41)24-12-10-23(31)11-13-24)15-21-6-8-22(9-7-21)30(32,33)34/h6-13,20H,3-5,14-19H2,1-2H3,(H,35,36)/t27-,28?,29?/m1/s1. The SMILES string of the molecule is CN(CC1CCC1)C(=O)[C@@]1(C)CN=C(C23CC(N(Cc4ccc(C(F)(F)F)cc4)S(=O)(=O)c4ccc(F)cc4)(C2)C3)N1. The molecule has 2 bridgehead atoms. The first-order chi connectivity index (χ1) is 19.7. The van der Waals surface area contributed by atoms with Crippen molar-refractivity contribution in [3.63, 3.8) is 0 Å². The summed E-state index contributed by atoms with van der Waals surface area (Å²) < 4.78 is 82.1. The molecule has 0 aromatic heterocycles. The molecule has 2 aromatic carbocycles. The summed E-state index contributed by atoms with van der Waals surface area (Å²) in [5, 5.41) is 3.38. The molecule has 0 radical (unpaired) electrons. The summed E-state index contributed by atoms with van der Waals surface area (Å²) in [5.74, 6) is 0.665. The largest absolute Gasteiger partial charge is 0.416 e. The van der Waals surface area contributed by atoms with Gasteiger partial charge in [0, 0.05) is 31.1 Å². The number of carbonyl (C=O) groups excluding carboxylic acids is 1. The number of sulfonamides is 1. The third kappa shape index (κ3) is 4.80. The average molecular weight is 607 g/mol. The van der Waals surface area contributed by atoms with E-state index in [-0.39, 0.29) is 22.8 Å². The van der Waals surface area contributed by atoms with Crippen molar-refractivity contribution in [3.8, 4) is 0 Å². The van der Waals surface area contributed by atoms with Gasteiger partial charge in [-0.15, -0.1) is 0 Å². The summed E-state index contributed by atoms with van der Waals surface area (Å²) in [6.45, 7) is 2.74. The second-order valence-corrected chi connectivity index (χ2v) is 14.7. The van der Waals surface area contributed by atoms with Gasteiger partial charge in [-0.05, 0) is 86.9 Å². The molecule has 12 heteroatoms. The van der Waals surface area contributed by atoms with Crippen molar-refractivity contribution in [1.82, 2.24) is 14.5 Å². The van der Waals surface area contributed by atoms with Crippen molar-refractivity contribution in [2.75, 3.05) is 20.1 Å². The zero-order valence-electron chi connectivity index (χ0n) is 23.5. The van der Waals surface area contributed by atoms with Gasteiger partial charge in [-0.2, -0.15) is 17.5 Å². The minimum atomic E-state index is -4.50. The number of amides is 1. The predicted octanol–water partition coefficient (Wildman–Crippen LogP) is 4.98. The van der Waals surface area contributed by atoms with Gasteiger partial charge < -0.3 is 10.2 Å². The molecule has 1 amide bonds. The Morgan fingerprint density at radius 1 is 1.05 bits per heavy atom. The molecule has 7 rings (SSSR count). The van der Waals surface area contributed by atoms with E-state index in [4.69, 9.17) is 4.99 Å². The van der Waals surface area contributed by atoms with Crippen LogP contribution in [0.4, 0.5) is 17.6 Å². The van der Waals surface area contributed by atoms with Crippen LogP contribution in [-0.2, 0) is 27.5 Å². The average Bonchev–Trinajstić information content (AvgIpc) is 3.26. The van der Waals surface area contributed by atoms with Gasteiger partial charge in [-0.1, -0.05) is 18.6 Å². The van der Waals surface area contributed by atoms with Crippen LogP contribution in [0.25, 0.3) is 0 Å². The minimum Gasteiger partial charge on any atom is -0.358 e. The van der Waals surface area contributed by atoms with E-state index in [1.165, 1.54) is 35.0 Å². The van der Waals surface area contributed by atoms with E-state index in [2.05, 4.69) is 5.32 Å². The number of aliphatic imine (C=N–C) groups is 1. The van der Waals surface area contributed by atoms with Gasteiger partial charge in [0.2, 0.25) is 15.9 Å². The van der Waals surface area contributed by atoms with Gasteiger partial charge in [0.25, 0.3) is 0 Å². The molecule has 2 aromatic rings. The quantitative estimate of drug-likeness (QED) is 0.409. The van der Waals surface area contributed by atoms with E-state index in [9.17, 15) is 30.8 Å². The van der Waals surface area contributed by atoms with E-state index < -0.39 is 38.7 Å². The Morgan fingerprint density at radius 3 is 2.21 bits per heavy atom. The third-order valence-electron chi connectivity index (χ3n) is 9.57. The van der Waals surface area contributed by atoms with Crippen LogP contribution in [0.2, 0.25) is 0 Å². The molecular weight excluding hydrogens is 572 g/mol. The Hall–Kier alpha value is -2.99. The number of hydrogen-bond donors (Lipinski definition) is 1. The van der Waals surface area contributed by atoms with E-state index >= 15 is 0 Å². The van der Waals surface area contributed by atoms with Gasteiger partial charge in [0.1, 0.15) is 17.2 Å². The van der Waals surface area contributed by atoms with E-state index in [0.717, 1.165) is 43.7 Å². The summed E-state index contributed by atoms with van der Waals surface area (Å²) in [6.07, 6.45) is 0.373. The lowest BCUT2D eigenvalue weighted by molar-refractivity contribution is -0.151. The number of halogens is 4. The van der Waals surface area contributed by atoms with Crippen LogP contribution in [0, 0.1) is 17.2 Å². The zero-order valence-corrected chi connectivity index (χ0v) is 24.4. The Balaban J connectivity index is 1.20. The first-order valence-electron chi connectivity index (χ1n) is 14.2. The molecule has 5 aliphatic rings. The molecule has 0 saturated heterocycles. The molecule has 0 spiro atoms. The molecule has 7 nitrogen and oxygen atoms in total. The smallest absolute Gasteiger partial charge is 0.358 e. The maximum atomic E-state index is 13.9. The van der Waals surface area contributed by atoms with E-state index in [0.29, 0.717) is 43.1 Å². The summed E-state index contributed by atoms with van der Waals surface area (Å²) >= 11 is 0. The van der Waals surface area contributed by atoms with Crippen LogP contribution in [-0.4, -0.2) is 60.6 Å². The van der Waals surface area contributed by atoms with Gasteiger partial charge in [-0.3, -0.25) is 9.79 Å². The maximum Gasteiger partial charge on any atom is 0.416 e. The van der Waals surface area contributed by atoms with Crippen LogP contribution in [0.1, 0.15) is 56.6 Å². The molecule has 226 valence electrons. The lowest BCUT2D eigenvalue weighted by atomic mass is 9.38. The first kappa shape index (κ1) is 29.1. The summed E-state index contributed by atoms with van der Waals surface area (Å²) in [4.78, 5) is 19.7. The Labute approximate surface area is 243 Å². The number of nitrogens with zero attached hydrogens (tertiary/aromatic N) is 3. The number of amidine groups is 1. The normalized spacial score (nSPS) is 28.8. The summed E-state index contributed by atoms with van der Waals surface area (Å²) in [6, 6.07) is 9.01. The van der Waals surface area contributed by atoms with Crippen molar-refractivity contribution in [3.05, 3.63) is 65.5 Å². The molecule has 1 heterocycles. The summed E-state index contributed by atoms with van der Waals surface area (Å²) in [7, 11) is -2.30. The Kier molecular flexibility index (Phi) is 6.77. The second kappa shape index (κ2) is 9.77. The molecule has 4 aliphatic carbocycles. The number of alkyl halides is 3. The highest BCUT2D eigenvalue weighted by Gasteiger charge is 2.75. The number of nitrogens with one attached hydrogen (secondary N) is 1. The molecule has 4 fully saturated rings. The molecule has 42 heavy (non-hydrogen) atoms. The van der Waals surface area contributed by atoms with Crippen LogP contribution >= 0.6 is 0 Å². The molecule has 1 N–H and O–H groups in total. The van der Waals surface area contributed by atoms with Crippen molar-refractivity contribution >= 4 is 21.8 Å². The molecule has 1 aliphatic heterocycles. The highest BCUT2D eigenvalue weighted by atomic mass is 32.2. The van der Waals surface area contributed by atoms with Crippen molar-refractivity contribution in [1.29, 1.82) is 0 Å². The molecule has 0 unspecified atom stereocenters. The van der Waals surface area contributed by atoms with Gasteiger partial charge in [-0.25, -0.2) is 12.8 Å². The number of carbonyl (C=O) groups is 1. The van der Waals surface area contributed by atoms with Crippen LogP contribution in [0.15, 0.2) is 58.4 Å². The number of hydrogen-bond acceptors (Lipinski definition) is 5. The first-order valence-corrected chi connectivity index (χ1v) is 15.6. The number of benzene rings is 2. The minimum absolute atomic E-state index is 0.0164. The predicted molar refractivity (Wildman–Crippen MR) is 148 cm³/mol. The molecule has 4 saturated carbocycles. The Bertz CT molecular complexity index is 1500. The van der Waals surface area contributed by atoms with Crippen molar-refractivity contribution in [2.45, 2.75) is 74.1 Å². The summed E-state index contributed by atoms with van der Waals surface area (Å²) in [5.41, 5.74) is -2.41.